The molecule has 80 valence electrons. The van der Waals surface area contributed by atoms with Gasteiger partial charge in [0.1, 0.15) is 0 Å². The van der Waals surface area contributed by atoms with Crippen LogP contribution in [0.15, 0.2) is 0 Å². The summed E-state index contributed by atoms with van der Waals surface area (Å²) in [4.78, 5) is 0. The molecule has 0 saturated carbocycles. The summed E-state index contributed by atoms with van der Waals surface area (Å²) < 4.78 is 0. The van der Waals surface area contributed by atoms with Crippen LogP contribution in [-0.4, -0.2) is 18.6 Å². The predicted octanol–water partition coefficient (Wildman–Crippen LogP) is 2.28. The van der Waals surface area contributed by atoms with E-state index >= 15 is 0 Å². The zero-order valence-corrected chi connectivity index (χ0v) is 9.47. The standard InChI is InChI=1S/C11H26N2/c1-4-5-8-11(3)13-9-6-7-10(2)12/h10-11,13H,4-9,12H2,1-3H3. The van der Waals surface area contributed by atoms with Gasteiger partial charge in [-0.15, -0.1) is 0 Å². The zero-order valence-electron chi connectivity index (χ0n) is 9.47. The van der Waals surface area contributed by atoms with Crippen molar-refractivity contribution in [1.29, 1.82) is 0 Å². The molecular formula is C11H26N2. The first kappa shape index (κ1) is 12.9. The summed E-state index contributed by atoms with van der Waals surface area (Å²) >= 11 is 0. The normalized spacial score (nSPS) is 15.7. The zero-order chi connectivity index (χ0) is 10.1. The Morgan fingerprint density at radius 3 is 2.38 bits per heavy atom. The van der Waals surface area contributed by atoms with Crippen LogP contribution in [0, 0.1) is 0 Å². The van der Waals surface area contributed by atoms with Crippen molar-refractivity contribution in [1.82, 2.24) is 5.32 Å². The Morgan fingerprint density at radius 1 is 1.15 bits per heavy atom. The van der Waals surface area contributed by atoms with Crippen molar-refractivity contribution in [2.75, 3.05) is 6.54 Å². The van der Waals surface area contributed by atoms with Gasteiger partial charge in [0.2, 0.25) is 0 Å². The third-order valence-corrected chi connectivity index (χ3v) is 2.32. The molecule has 2 unspecified atom stereocenters. The van der Waals surface area contributed by atoms with Crippen molar-refractivity contribution in [2.45, 2.75) is 65.0 Å². The molecule has 0 aliphatic rings. The van der Waals surface area contributed by atoms with Crippen LogP contribution in [0.25, 0.3) is 0 Å². The first-order valence-electron chi connectivity index (χ1n) is 5.65. The molecule has 0 bridgehead atoms. The van der Waals surface area contributed by atoms with E-state index in [1.54, 1.807) is 0 Å². The average Bonchev–Trinajstić information content (AvgIpc) is 2.08. The highest BCUT2D eigenvalue weighted by atomic mass is 14.9. The molecule has 0 rings (SSSR count). The third-order valence-electron chi connectivity index (χ3n) is 2.32. The minimum absolute atomic E-state index is 0.354. The van der Waals surface area contributed by atoms with Crippen LogP contribution in [0.1, 0.15) is 52.9 Å². The van der Waals surface area contributed by atoms with Gasteiger partial charge < -0.3 is 11.1 Å². The minimum atomic E-state index is 0.354. The third kappa shape index (κ3) is 9.84. The van der Waals surface area contributed by atoms with Crippen LogP contribution < -0.4 is 11.1 Å². The van der Waals surface area contributed by atoms with E-state index in [0.717, 1.165) is 13.0 Å². The van der Waals surface area contributed by atoms with Crippen LogP contribution in [0.5, 0.6) is 0 Å². The summed E-state index contributed by atoms with van der Waals surface area (Å²) in [6, 6.07) is 1.03. The average molecular weight is 186 g/mol. The fourth-order valence-electron chi connectivity index (χ4n) is 1.38. The van der Waals surface area contributed by atoms with Crippen molar-refractivity contribution in [3.63, 3.8) is 0 Å². The summed E-state index contributed by atoms with van der Waals surface area (Å²) in [5, 5.41) is 3.52. The predicted molar refractivity (Wildman–Crippen MR) is 59.9 cm³/mol. The molecule has 0 heterocycles. The van der Waals surface area contributed by atoms with Crippen LogP contribution in [0.3, 0.4) is 0 Å². The molecular weight excluding hydrogens is 160 g/mol. The van der Waals surface area contributed by atoms with Gasteiger partial charge in [-0.1, -0.05) is 19.8 Å². The molecule has 0 aliphatic carbocycles. The Bertz CT molecular complexity index is 102. The van der Waals surface area contributed by atoms with E-state index < -0.39 is 0 Å². The molecule has 0 aromatic rings. The molecule has 2 heteroatoms. The maximum atomic E-state index is 5.66. The molecule has 0 amide bonds. The second-order valence-electron chi connectivity index (χ2n) is 4.12. The Hall–Kier alpha value is -0.0800. The maximum absolute atomic E-state index is 5.66. The van der Waals surface area contributed by atoms with E-state index in [4.69, 9.17) is 5.73 Å². The van der Waals surface area contributed by atoms with Crippen LogP contribution in [0.4, 0.5) is 0 Å². The quantitative estimate of drug-likeness (QED) is 0.571. The first-order valence-corrected chi connectivity index (χ1v) is 5.65. The van der Waals surface area contributed by atoms with Crippen LogP contribution in [0.2, 0.25) is 0 Å². The second kappa shape index (κ2) is 8.52. The van der Waals surface area contributed by atoms with Crippen LogP contribution >= 0.6 is 0 Å². The fraction of sp³-hybridized carbons (Fsp3) is 1.00. The number of hydrogen-bond acceptors (Lipinski definition) is 2. The number of nitrogens with one attached hydrogen (secondary N) is 1. The molecule has 2 nitrogen and oxygen atoms in total. The highest BCUT2D eigenvalue weighted by molar-refractivity contribution is 4.61. The fourth-order valence-corrected chi connectivity index (χ4v) is 1.38. The van der Waals surface area contributed by atoms with Gasteiger partial charge in [0, 0.05) is 12.1 Å². The van der Waals surface area contributed by atoms with Crippen LogP contribution in [-0.2, 0) is 0 Å². The molecule has 0 fully saturated rings. The molecule has 13 heavy (non-hydrogen) atoms. The van der Waals surface area contributed by atoms with E-state index in [9.17, 15) is 0 Å². The molecule has 0 spiro atoms. The summed E-state index contributed by atoms with van der Waals surface area (Å²) in [7, 11) is 0. The van der Waals surface area contributed by atoms with E-state index in [0.29, 0.717) is 12.1 Å². The molecule has 0 aromatic carbocycles. The molecule has 0 saturated heterocycles. The summed E-state index contributed by atoms with van der Waals surface area (Å²) in [6.07, 6.45) is 6.27. The molecule has 2 atom stereocenters. The van der Waals surface area contributed by atoms with Crippen molar-refractivity contribution in [3.05, 3.63) is 0 Å². The van der Waals surface area contributed by atoms with E-state index in [-0.39, 0.29) is 0 Å². The Balaban J connectivity index is 3.12. The largest absolute Gasteiger partial charge is 0.328 e. The first-order chi connectivity index (χ1) is 6.16. The Labute approximate surface area is 83.3 Å². The van der Waals surface area contributed by atoms with Gasteiger partial charge in [-0.2, -0.15) is 0 Å². The number of unbranched alkanes of at least 4 members (excludes halogenated alkanes) is 1. The van der Waals surface area contributed by atoms with Gasteiger partial charge in [0.15, 0.2) is 0 Å². The minimum Gasteiger partial charge on any atom is -0.328 e. The van der Waals surface area contributed by atoms with Gasteiger partial charge in [-0.3, -0.25) is 0 Å². The monoisotopic (exact) mass is 186 g/mol. The second-order valence-corrected chi connectivity index (χ2v) is 4.12. The lowest BCUT2D eigenvalue weighted by molar-refractivity contribution is 0.476. The van der Waals surface area contributed by atoms with E-state index in [1.807, 2.05) is 0 Å². The number of hydrogen-bond donors (Lipinski definition) is 2. The Kier molecular flexibility index (Phi) is 8.46. The summed E-state index contributed by atoms with van der Waals surface area (Å²) in [5.41, 5.74) is 5.66. The number of nitrogens with two attached hydrogens (primary N) is 1. The smallest absolute Gasteiger partial charge is 0.00387 e. The van der Waals surface area contributed by atoms with Gasteiger partial charge in [-0.05, 0) is 39.7 Å². The molecule has 0 aromatic heterocycles. The number of rotatable bonds is 8. The van der Waals surface area contributed by atoms with Crippen molar-refractivity contribution < 1.29 is 0 Å². The molecule has 0 aliphatic heterocycles. The summed E-state index contributed by atoms with van der Waals surface area (Å²) in [5.74, 6) is 0. The highest BCUT2D eigenvalue weighted by Gasteiger charge is 1.99. The van der Waals surface area contributed by atoms with Crippen molar-refractivity contribution >= 4 is 0 Å². The molecule has 0 radical (unpaired) electrons. The van der Waals surface area contributed by atoms with Gasteiger partial charge in [-0.25, -0.2) is 0 Å². The van der Waals surface area contributed by atoms with Crippen molar-refractivity contribution in [3.8, 4) is 0 Å². The van der Waals surface area contributed by atoms with Gasteiger partial charge in [0.25, 0.3) is 0 Å². The lowest BCUT2D eigenvalue weighted by atomic mass is 10.1. The lowest BCUT2D eigenvalue weighted by Crippen LogP contribution is -2.28. The van der Waals surface area contributed by atoms with E-state index in [2.05, 4.69) is 26.1 Å². The summed E-state index contributed by atoms with van der Waals surface area (Å²) in [6.45, 7) is 7.69. The highest BCUT2D eigenvalue weighted by Crippen LogP contribution is 2.00. The lowest BCUT2D eigenvalue weighted by Gasteiger charge is -2.13. The Morgan fingerprint density at radius 2 is 1.85 bits per heavy atom. The van der Waals surface area contributed by atoms with E-state index in [1.165, 1.54) is 25.7 Å². The molecule has 3 N–H and O–H groups in total. The van der Waals surface area contributed by atoms with Gasteiger partial charge >= 0.3 is 0 Å². The SMILES string of the molecule is CCCCC(C)NCCCC(C)N. The van der Waals surface area contributed by atoms with Crippen molar-refractivity contribution in [2.24, 2.45) is 5.73 Å². The maximum Gasteiger partial charge on any atom is 0.00387 e. The van der Waals surface area contributed by atoms with Gasteiger partial charge in [0.05, 0.1) is 0 Å². The topological polar surface area (TPSA) is 38.0 Å².